The molecule has 0 bridgehead atoms. The Bertz CT molecular complexity index is 582. The summed E-state index contributed by atoms with van der Waals surface area (Å²) in [6, 6.07) is 9.19. The average molecular weight is 344 g/mol. The van der Waals surface area contributed by atoms with Gasteiger partial charge in [0.15, 0.2) is 0 Å². The molecular weight excluding hydrogens is 327 g/mol. The van der Waals surface area contributed by atoms with Gasteiger partial charge >= 0.3 is 0 Å². The molecule has 112 valence electrons. The maximum absolute atomic E-state index is 6.28. The largest absolute Gasteiger partial charge is 0.308 e. The minimum absolute atomic E-state index is 0.0175. The van der Waals surface area contributed by atoms with Gasteiger partial charge in [-0.15, -0.1) is 0 Å². The Morgan fingerprint density at radius 1 is 1.05 bits per heavy atom. The van der Waals surface area contributed by atoms with Crippen LogP contribution < -0.4 is 5.32 Å². The maximum Gasteiger partial charge on any atom is 0.0762 e. The monoisotopic (exact) mass is 342 g/mol. The first kappa shape index (κ1) is 16.6. The molecule has 0 radical (unpaired) electrons. The van der Waals surface area contributed by atoms with E-state index in [4.69, 9.17) is 34.8 Å². The standard InChI is InChI=1S/C16H17Cl3N2/c1-2-8-20-15(16-14(19)7-4-9-21-16)10-11-12(17)5-3-6-13(11)18/h3-7,9,15,20H,2,8,10H2,1H3. The Morgan fingerprint density at radius 2 is 1.71 bits per heavy atom. The Kier molecular flexibility index (Phi) is 6.31. The van der Waals surface area contributed by atoms with Crippen molar-refractivity contribution in [2.75, 3.05) is 6.54 Å². The summed E-state index contributed by atoms with van der Waals surface area (Å²) < 4.78 is 0. The summed E-state index contributed by atoms with van der Waals surface area (Å²) >= 11 is 18.8. The number of rotatable bonds is 6. The van der Waals surface area contributed by atoms with Gasteiger partial charge in [-0.3, -0.25) is 4.98 Å². The lowest BCUT2D eigenvalue weighted by atomic mass is 10.0. The number of hydrogen-bond donors (Lipinski definition) is 1. The highest BCUT2D eigenvalue weighted by atomic mass is 35.5. The van der Waals surface area contributed by atoms with E-state index in [0.29, 0.717) is 21.5 Å². The molecule has 0 fully saturated rings. The van der Waals surface area contributed by atoms with Crippen molar-refractivity contribution in [1.82, 2.24) is 10.3 Å². The van der Waals surface area contributed by atoms with Crippen molar-refractivity contribution >= 4 is 34.8 Å². The van der Waals surface area contributed by atoms with Crippen LogP contribution in [0.4, 0.5) is 0 Å². The fraction of sp³-hybridized carbons (Fsp3) is 0.312. The SMILES string of the molecule is CCCNC(Cc1c(Cl)cccc1Cl)c1ncccc1Cl. The van der Waals surface area contributed by atoms with Crippen LogP contribution in [0.3, 0.4) is 0 Å². The fourth-order valence-electron chi connectivity index (χ4n) is 2.17. The lowest BCUT2D eigenvalue weighted by Crippen LogP contribution is -2.25. The number of benzene rings is 1. The zero-order valence-electron chi connectivity index (χ0n) is 11.7. The zero-order chi connectivity index (χ0) is 15.2. The third-order valence-corrected chi connectivity index (χ3v) is 4.26. The molecule has 1 aromatic heterocycles. The van der Waals surface area contributed by atoms with Crippen molar-refractivity contribution in [2.45, 2.75) is 25.8 Å². The first-order valence-electron chi connectivity index (χ1n) is 6.90. The van der Waals surface area contributed by atoms with Crippen LogP contribution in [0.1, 0.15) is 30.6 Å². The molecule has 0 saturated heterocycles. The molecule has 21 heavy (non-hydrogen) atoms. The maximum atomic E-state index is 6.28. The number of nitrogens with zero attached hydrogens (tertiary/aromatic N) is 1. The number of halogens is 3. The molecule has 1 unspecified atom stereocenters. The third kappa shape index (κ3) is 4.33. The molecule has 2 aromatic rings. The van der Waals surface area contributed by atoms with Crippen molar-refractivity contribution in [3.05, 3.63) is 62.9 Å². The van der Waals surface area contributed by atoms with Crippen LogP contribution in [0.5, 0.6) is 0 Å². The second kappa shape index (κ2) is 8.00. The molecule has 0 aliphatic rings. The molecule has 1 heterocycles. The van der Waals surface area contributed by atoms with Crippen molar-refractivity contribution in [3.8, 4) is 0 Å². The average Bonchev–Trinajstić information content (AvgIpc) is 2.47. The molecule has 2 nitrogen and oxygen atoms in total. The summed E-state index contributed by atoms with van der Waals surface area (Å²) in [6.45, 7) is 2.99. The van der Waals surface area contributed by atoms with Gasteiger partial charge in [-0.1, -0.05) is 47.8 Å². The fourth-order valence-corrected chi connectivity index (χ4v) is 2.97. The van der Waals surface area contributed by atoms with E-state index in [-0.39, 0.29) is 6.04 Å². The Morgan fingerprint density at radius 3 is 2.33 bits per heavy atom. The molecule has 1 aromatic carbocycles. The highest BCUT2D eigenvalue weighted by Gasteiger charge is 2.19. The Balaban J connectivity index is 2.31. The predicted octanol–water partition coefficient (Wildman–Crippen LogP) is 5.33. The van der Waals surface area contributed by atoms with E-state index in [1.54, 1.807) is 6.20 Å². The Hall–Kier alpha value is -0.800. The zero-order valence-corrected chi connectivity index (χ0v) is 14.0. The highest BCUT2D eigenvalue weighted by Crippen LogP contribution is 2.30. The van der Waals surface area contributed by atoms with Gasteiger partial charge in [0.2, 0.25) is 0 Å². The van der Waals surface area contributed by atoms with Gasteiger partial charge < -0.3 is 5.32 Å². The normalized spacial score (nSPS) is 12.4. The summed E-state index contributed by atoms with van der Waals surface area (Å²) in [6.07, 6.45) is 3.42. The van der Waals surface area contributed by atoms with Crippen molar-refractivity contribution < 1.29 is 0 Å². The number of hydrogen-bond acceptors (Lipinski definition) is 2. The van der Waals surface area contributed by atoms with Gasteiger partial charge in [0, 0.05) is 16.2 Å². The van der Waals surface area contributed by atoms with Crippen LogP contribution in [0.2, 0.25) is 15.1 Å². The second-order valence-electron chi connectivity index (χ2n) is 4.78. The topological polar surface area (TPSA) is 24.9 Å². The van der Waals surface area contributed by atoms with Gasteiger partial charge in [0.25, 0.3) is 0 Å². The van der Waals surface area contributed by atoms with Gasteiger partial charge in [-0.2, -0.15) is 0 Å². The Labute approximate surface area is 140 Å². The van der Waals surface area contributed by atoms with E-state index in [2.05, 4.69) is 17.2 Å². The van der Waals surface area contributed by atoms with E-state index in [9.17, 15) is 0 Å². The summed E-state index contributed by atoms with van der Waals surface area (Å²) in [5.74, 6) is 0. The van der Waals surface area contributed by atoms with Crippen LogP contribution in [-0.4, -0.2) is 11.5 Å². The minimum Gasteiger partial charge on any atom is -0.308 e. The van der Waals surface area contributed by atoms with Gasteiger partial charge in [-0.05, 0) is 49.2 Å². The van der Waals surface area contributed by atoms with Crippen LogP contribution in [0.25, 0.3) is 0 Å². The molecule has 0 amide bonds. The molecular formula is C16H17Cl3N2. The van der Waals surface area contributed by atoms with E-state index < -0.39 is 0 Å². The lowest BCUT2D eigenvalue weighted by molar-refractivity contribution is 0.518. The van der Waals surface area contributed by atoms with Crippen molar-refractivity contribution in [2.24, 2.45) is 0 Å². The van der Waals surface area contributed by atoms with E-state index in [0.717, 1.165) is 24.2 Å². The number of aromatic nitrogens is 1. The summed E-state index contributed by atoms with van der Waals surface area (Å²) in [7, 11) is 0. The smallest absolute Gasteiger partial charge is 0.0762 e. The molecule has 0 spiro atoms. The first-order valence-corrected chi connectivity index (χ1v) is 8.03. The summed E-state index contributed by atoms with van der Waals surface area (Å²) in [4.78, 5) is 4.41. The molecule has 0 aliphatic carbocycles. The molecule has 0 saturated carbocycles. The van der Waals surface area contributed by atoms with E-state index in [1.807, 2.05) is 30.3 Å². The summed E-state index contributed by atoms with van der Waals surface area (Å²) in [5.41, 5.74) is 1.74. The summed E-state index contributed by atoms with van der Waals surface area (Å²) in [5, 5.41) is 5.44. The molecule has 0 aliphatic heterocycles. The molecule has 5 heteroatoms. The van der Waals surface area contributed by atoms with Crippen LogP contribution in [0.15, 0.2) is 36.5 Å². The highest BCUT2D eigenvalue weighted by molar-refractivity contribution is 6.36. The van der Waals surface area contributed by atoms with E-state index >= 15 is 0 Å². The van der Waals surface area contributed by atoms with Crippen LogP contribution in [-0.2, 0) is 6.42 Å². The predicted molar refractivity (Wildman–Crippen MR) is 90.4 cm³/mol. The van der Waals surface area contributed by atoms with Gasteiger partial charge in [0.05, 0.1) is 16.8 Å². The quantitative estimate of drug-likeness (QED) is 0.767. The van der Waals surface area contributed by atoms with Crippen molar-refractivity contribution in [1.29, 1.82) is 0 Å². The van der Waals surface area contributed by atoms with Crippen molar-refractivity contribution in [3.63, 3.8) is 0 Å². The molecule has 1 N–H and O–H groups in total. The molecule has 2 rings (SSSR count). The van der Waals surface area contributed by atoms with Gasteiger partial charge in [-0.25, -0.2) is 0 Å². The van der Waals surface area contributed by atoms with E-state index in [1.165, 1.54) is 0 Å². The second-order valence-corrected chi connectivity index (χ2v) is 6.00. The number of nitrogens with one attached hydrogen (secondary N) is 1. The van der Waals surface area contributed by atoms with Gasteiger partial charge in [0.1, 0.15) is 0 Å². The third-order valence-electron chi connectivity index (χ3n) is 3.23. The molecule has 1 atom stereocenters. The van der Waals surface area contributed by atoms with Crippen LogP contribution >= 0.6 is 34.8 Å². The number of pyridine rings is 1. The minimum atomic E-state index is -0.0175. The van der Waals surface area contributed by atoms with Crippen LogP contribution in [0, 0.1) is 0 Å². The first-order chi connectivity index (χ1) is 10.1. The lowest BCUT2D eigenvalue weighted by Gasteiger charge is -2.20.